The van der Waals surface area contributed by atoms with Crippen LogP contribution < -0.4 is 0 Å². The van der Waals surface area contributed by atoms with Crippen molar-refractivity contribution in [2.24, 2.45) is 10.3 Å². The molecule has 12 heteroatoms. The van der Waals surface area contributed by atoms with Gasteiger partial charge in [0.25, 0.3) is 0 Å². The molecule has 0 bridgehead atoms. The first kappa shape index (κ1) is 20.7. The van der Waals surface area contributed by atoms with Crippen LogP contribution in [0.3, 0.4) is 0 Å². The molecule has 0 fully saturated rings. The van der Waals surface area contributed by atoms with Crippen LogP contribution in [0.5, 0.6) is 0 Å². The number of oxime groups is 2. The minimum absolute atomic E-state index is 0.516. The Balaban J connectivity index is 4.67. The molecule has 0 saturated carbocycles. The third kappa shape index (κ3) is 7.13. The fourth-order valence-electron chi connectivity index (χ4n) is 0.707. The highest BCUT2D eigenvalue weighted by atomic mass is 32.2. The van der Waals surface area contributed by atoms with E-state index in [4.69, 9.17) is 0 Å². The van der Waals surface area contributed by atoms with Gasteiger partial charge in [-0.2, -0.15) is 0 Å². The van der Waals surface area contributed by atoms with E-state index >= 15 is 0 Å². The summed E-state index contributed by atoms with van der Waals surface area (Å²) in [6, 6.07) is 0. The normalized spacial score (nSPS) is 13.4. The molecule has 0 N–H and O–H groups in total. The topological polar surface area (TPSA) is 101 Å². The maximum absolute atomic E-state index is 12.0. The molecule has 0 aromatic heterocycles. The Kier molecular flexibility index (Phi) is 9.85. The minimum Gasteiger partial charge on any atom is -0.296 e. The number of hydrogen-bond donors (Lipinski definition) is 0. The average Bonchev–Trinajstić information content (AvgIpc) is 2.54. The summed E-state index contributed by atoms with van der Waals surface area (Å²) in [6.07, 6.45) is 1.57. The number of carbonyl (C=O) groups is 2. The molecule has 0 radical (unpaired) electrons. The van der Waals surface area contributed by atoms with Crippen molar-refractivity contribution in [3.8, 4) is 0 Å². The van der Waals surface area contributed by atoms with Gasteiger partial charge >= 0.3 is 12.2 Å². The van der Waals surface area contributed by atoms with Crippen molar-refractivity contribution in [1.82, 2.24) is 8.61 Å². The lowest BCUT2D eigenvalue weighted by Gasteiger charge is -2.19. The van der Waals surface area contributed by atoms with Crippen LogP contribution in [0.15, 0.2) is 10.3 Å². The monoisotopic (exact) mass is 370 g/mol. The largest absolute Gasteiger partial charge is 0.449 e. The van der Waals surface area contributed by atoms with E-state index in [0.717, 1.165) is 0 Å². The van der Waals surface area contributed by atoms with Gasteiger partial charge in [0.05, 0.1) is 0 Å². The molecule has 0 aliphatic rings. The molecular formula is C10H18N4O5S3. The second-order valence-electron chi connectivity index (χ2n) is 3.57. The molecule has 2 amide bonds. The zero-order chi connectivity index (χ0) is 17.3. The van der Waals surface area contributed by atoms with Crippen molar-refractivity contribution in [2.45, 2.75) is 13.8 Å². The molecule has 0 spiro atoms. The number of amides is 2. The van der Waals surface area contributed by atoms with Crippen molar-refractivity contribution in [1.29, 1.82) is 0 Å². The second-order valence-corrected chi connectivity index (χ2v) is 7.12. The van der Waals surface area contributed by atoms with Gasteiger partial charge in [-0.15, -0.1) is 23.5 Å². The smallest absolute Gasteiger partial charge is 0.296 e. The third-order valence-electron chi connectivity index (χ3n) is 2.08. The van der Waals surface area contributed by atoms with Gasteiger partial charge in [-0.05, 0) is 26.4 Å². The van der Waals surface area contributed by atoms with Crippen molar-refractivity contribution in [3.63, 3.8) is 0 Å². The van der Waals surface area contributed by atoms with Gasteiger partial charge < -0.3 is 0 Å². The van der Waals surface area contributed by atoms with Crippen LogP contribution in [-0.2, 0) is 20.8 Å². The highest BCUT2D eigenvalue weighted by Crippen LogP contribution is 2.06. The lowest BCUT2D eigenvalue weighted by Crippen LogP contribution is -2.40. The SMILES string of the molecule is CS/C(C)=N/OC(=O)N(C)S(=O)N(C)C(=O)O/N=C(\C)SC. The zero-order valence-corrected chi connectivity index (χ0v) is 15.5. The number of hydrogen-bond acceptors (Lipinski definition) is 9. The summed E-state index contributed by atoms with van der Waals surface area (Å²) in [7, 11) is 2.39. The first-order valence-electron chi connectivity index (χ1n) is 5.73. The van der Waals surface area contributed by atoms with Crippen LogP contribution in [0.1, 0.15) is 13.8 Å². The van der Waals surface area contributed by atoms with E-state index in [9.17, 15) is 13.8 Å². The number of rotatable bonds is 4. The molecule has 0 unspecified atom stereocenters. The Labute approximate surface area is 140 Å². The quantitative estimate of drug-likeness (QED) is 0.323. The van der Waals surface area contributed by atoms with Crippen LogP contribution in [0, 0.1) is 0 Å². The lowest BCUT2D eigenvalue weighted by molar-refractivity contribution is 0.128. The summed E-state index contributed by atoms with van der Waals surface area (Å²) in [4.78, 5) is 32.4. The molecule has 0 rings (SSSR count). The van der Waals surface area contributed by atoms with E-state index in [1.54, 1.807) is 26.4 Å². The van der Waals surface area contributed by atoms with E-state index < -0.39 is 23.4 Å². The van der Waals surface area contributed by atoms with Gasteiger partial charge in [0.2, 0.25) is 11.2 Å². The molecular weight excluding hydrogens is 352 g/mol. The fraction of sp³-hybridized carbons (Fsp3) is 0.600. The number of carbonyl (C=O) groups excluding carboxylic acids is 2. The molecule has 9 nitrogen and oxygen atoms in total. The second kappa shape index (κ2) is 10.5. The van der Waals surface area contributed by atoms with Gasteiger partial charge in [0.15, 0.2) is 0 Å². The lowest BCUT2D eigenvalue weighted by atomic mass is 10.9. The summed E-state index contributed by atoms with van der Waals surface area (Å²) in [5, 5.41) is 8.06. The summed E-state index contributed by atoms with van der Waals surface area (Å²) < 4.78 is 13.4. The predicted molar refractivity (Wildman–Crippen MR) is 89.9 cm³/mol. The van der Waals surface area contributed by atoms with Crippen molar-refractivity contribution in [3.05, 3.63) is 0 Å². The van der Waals surface area contributed by atoms with Crippen LogP contribution >= 0.6 is 23.5 Å². The summed E-state index contributed by atoms with van der Waals surface area (Å²) in [6.45, 7) is 3.29. The molecule has 0 aromatic carbocycles. The number of nitrogens with zero attached hydrogens (tertiary/aromatic N) is 4. The molecule has 0 saturated heterocycles. The van der Waals surface area contributed by atoms with Gasteiger partial charge in [-0.25, -0.2) is 22.4 Å². The Morgan fingerprint density at radius 1 is 0.909 bits per heavy atom. The molecule has 0 aromatic rings. The summed E-state index contributed by atoms with van der Waals surface area (Å²) >= 11 is 0.436. The molecule has 126 valence electrons. The van der Waals surface area contributed by atoms with Crippen molar-refractivity contribution < 1.29 is 23.5 Å². The molecule has 0 heterocycles. The summed E-state index contributed by atoms with van der Waals surface area (Å²) in [5.74, 6) is 0. The van der Waals surface area contributed by atoms with Gasteiger partial charge in [-0.3, -0.25) is 9.68 Å². The zero-order valence-electron chi connectivity index (χ0n) is 13.1. The Hall–Kier alpha value is -1.27. The highest BCUT2D eigenvalue weighted by Gasteiger charge is 2.26. The van der Waals surface area contributed by atoms with Crippen LogP contribution in [0.4, 0.5) is 9.59 Å². The van der Waals surface area contributed by atoms with Gasteiger partial charge in [0.1, 0.15) is 10.1 Å². The Morgan fingerprint density at radius 2 is 1.23 bits per heavy atom. The van der Waals surface area contributed by atoms with E-state index in [1.165, 1.54) is 37.6 Å². The van der Waals surface area contributed by atoms with E-state index in [-0.39, 0.29) is 0 Å². The molecule has 0 aliphatic heterocycles. The fourth-order valence-corrected chi connectivity index (χ4v) is 1.62. The van der Waals surface area contributed by atoms with Crippen LogP contribution in [-0.4, -0.2) is 61.7 Å². The van der Waals surface area contributed by atoms with E-state index in [2.05, 4.69) is 20.0 Å². The van der Waals surface area contributed by atoms with Crippen LogP contribution in [0.25, 0.3) is 0 Å². The minimum atomic E-state index is -2.14. The molecule has 0 aliphatic carbocycles. The van der Waals surface area contributed by atoms with Crippen molar-refractivity contribution in [2.75, 3.05) is 26.6 Å². The molecule has 0 atom stereocenters. The maximum Gasteiger partial charge on any atom is 0.449 e. The van der Waals surface area contributed by atoms with E-state index in [1.807, 2.05) is 0 Å². The molecule has 22 heavy (non-hydrogen) atoms. The van der Waals surface area contributed by atoms with Crippen LogP contribution in [0.2, 0.25) is 0 Å². The predicted octanol–water partition coefficient (Wildman–Crippen LogP) is 2.09. The first-order valence-corrected chi connectivity index (χ1v) is 9.24. The van der Waals surface area contributed by atoms with Gasteiger partial charge in [0, 0.05) is 14.1 Å². The number of thioether (sulfide) groups is 2. The van der Waals surface area contributed by atoms with E-state index in [0.29, 0.717) is 18.7 Å². The van der Waals surface area contributed by atoms with Gasteiger partial charge in [-0.1, -0.05) is 10.3 Å². The third-order valence-corrected chi connectivity index (χ3v) is 4.64. The van der Waals surface area contributed by atoms with Crippen molar-refractivity contribution >= 4 is 57.0 Å². The Morgan fingerprint density at radius 3 is 1.50 bits per heavy atom. The Bertz CT molecular complexity index is 455. The first-order chi connectivity index (χ1) is 10.2. The maximum atomic E-state index is 12.0. The standard InChI is InChI=1S/C10H18N4O5S3/c1-7(20-5)11-18-9(15)13(3)22(17)14(4)10(16)19-12-8(2)21-6/h1-6H3/b11-7+,12-8+. The highest BCUT2D eigenvalue weighted by molar-refractivity contribution is 8.13. The average molecular weight is 370 g/mol. The summed E-state index contributed by atoms with van der Waals surface area (Å²) in [5.41, 5.74) is 0.